The topological polar surface area (TPSA) is 48.0 Å². The van der Waals surface area contributed by atoms with Gasteiger partial charge in [-0.15, -0.1) is 0 Å². The first-order chi connectivity index (χ1) is 8.45. The molecule has 0 saturated carbocycles. The van der Waals surface area contributed by atoms with E-state index in [-0.39, 0.29) is 5.56 Å². The van der Waals surface area contributed by atoms with E-state index in [4.69, 9.17) is 5.73 Å². The minimum Gasteiger partial charge on any atom is -0.322 e. The Labute approximate surface area is 109 Å². The number of nitrogens with two attached hydrogens (primary N) is 1. The summed E-state index contributed by atoms with van der Waals surface area (Å²) in [6.45, 7) is 6.75. The van der Waals surface area contributed by atoms with Crippen LogP contribution < -0.4 is 11.3 Å². The largest absolute Gasteiger partial charge is 0.322 e. The average molecular weight is 248 g/mol. The molecule has 1 heterocycles. The van der Waals surface area contributed by atoms with Gasteiger partial charge in [-0.3, -0.25) is 4.79 Å². The molecule has 100 valence electrons. The normalized spacial score (nSPS) is 15.6. The molecule has 2 rings (SSSR count). The highest BCUT2D eigenvalue weighted by atomic mass is 16.1. The van der Waals surface area contributed by atoms with Crippen LogP contribution >= 0.6 is 0 Å². The van der Waals surface area contributed by atoms with E-state index in [1.165, 1.54) is 24.1 Å². The second-order valence-electron chi connectivity index (χ2n) is 5.92. The van der Waals surface area contributed by atoms with Crippen LogP contribution in [0.5, 0.6) is 0 Å². The summed E-state index contributed by atoms with van der Waals surface area (Å²) in [6, 6.07) is 2.06. The van der Waals surface area contributed by atoms with E-state index < -0.39 is 5.54 Å². The predicted molar refractivity (Wildman–Crippen MR) is 74.8 cm³/mol. The number of pyridine rings is 1. The molecule has 3 heteroatoms. The molecule has 1 aliphatic carbocycles. The SMILES string of the molecule is CCCn1c2c(cc(C(C)(C)N)c1=O)CCCC2. The fraction of sp³-hybridized carbons (Fsp3) is 0.667. The quantitative estimate of drug-likeness (QED) is 0.892. The summed E-state index contributed by atoms with van der Waals surface area (Å²) in [5, 5.41) is 0. The number of nitrogens with zero attached hydrogens (tertiary/aromatic N) is 1. The van der Waals surface area contributed by atoms with Crippen LogP contribution in [0.3, 0.4) is 0 Å². The third kappa shape index (κ3) is 2.37. The molecule has 0 aliphatic heterocycles. The highest BCUT2D eigenvalue weighted by Gasteiger charge is 2.24. The van der Waals surface area contributed by atoms with E-state index in [1.54, 1.807) is 0 Å². The molecule has 3 nitrogen and oxygen atoms in total. The van der Waals surface area contributed by atoms with Crippen molar-refractivity contribution in [1.82, 2.24) is 4.57 Å². The average Bonchev–Trinajstić information content (AvgIpc) is 2.31. The molecular formula is C15H24N2O. The number of hydrogen-bond donors (Lipinski definition) is 1. The molecule has 0 saturated heterocycles. The number of aryl methyl sites for hydroxylation is 1. The van der Waals surface area contributed by atoms with Gasteiger partial charge in [0.2, 0.25) is 0 Å². The maximum absolute atomic E-state index is 12.6. The van der Waals surface area contributed by atoms with Crippen LogP contribution in [0, 0.1) is 0 Å². The Kier molecular flexibility index (Phi) is 3.62. The van der Waals surface area contributed by atoms with Crippen molar-refractivity contribution in [1.29, 1.82) is 0 Å². The molecule has 0 atom stereocenters. The van der Waals surface area contributed by atoms with Crippen molar-refractivity contribution >= 4 is 0 Å². The fourth-order valence-corrected chi connectivity index (χ4v) is 2.80. The second kappa shape index (κ2) is 4.88. The van der Waals surface area contributed by atoms with Gasteiger partial charge in [0.05, 0.1) is 0 Å². The fourth-order valence-electron chi connectivity index (χ4n) is 2.80. The van der Waals surface area contributed by atoms with Crippen LogP contribution in [-0.2, 0) is 24.9 Å². The van der Waals surface area contributed by atoms with E-state index in [2.05, 4.69) is 13.0 Å². The highest BCUT2D eigenvalue weighted by molar-refractivity contribution is 5.32. The second-order valence-corrected chi connectivity index (χ2v) is 5.92. The minimum absolute atomic E-state index is 0.116. The summed E-state index contributed by atoms with van der Waals surface area (Å²) >= 11 is 0. The lowest BCUT2D eigenvalue weighted by Crippen LogP contribution is -2.40. The van der Waals surface area contributed by atoms with Gasteiger partial charge in [0.1, 0.15) is 0 Å². The van der Waals surface area contributed by atoms with Gasteiger partial charge in [0, 0.05) is 23.3 Å². The predicted octanol–water partition coefficient (Wildman–Crippen LogP) is 2.33. The Morgan fingerprint density at radius 3 is 2.61 bits per heavy atom. The Balaban J connectivity index is 2.65. The van der Waals surface area contributed by atoms with Crippen molar-refractivity contribution in [3.8, 4) is 0 Å². The van der Waals surface area contributed by atoms with Gasteiger partial charge in [-0.05, 0) is 57.6 Å². The van der Waals surface area contributed by atoms with Crippen molar-refractivity contribution in [3.05, 3.63) is 33.2 Å². The van der Waals surface area contributed by atoms with E-state index in [0.717, 1.165) is 31.4 Å². The Hall–Kier alpha value is -1.09. The molecule has 0 radical (unpaired) electrons. The van der Waals surface area contributed by atoms with Gasteiger partial charge in [-0.2, -0.15) is 0 Å². The van der Waals surface area contributed by atoms with Crippen molar-refractivity contribution in [2.75, 3.05) is 0 Å². The van der Waals surface area contributed by atoms with Crippen LogP contribution in [-0.4, -0.2) is 4.57 Å². The van der Waals surface area contributed by atoms with Crippen molar-refractivity contribution in [2.24, 2.45) is 5.73 Å². The summed E-state index contributed by atoms with van der Waals surface area (Å²) in [4.78, 5) is 12.6. The monoisotopic (exact) mass is 248 g/mol. The van der Waals surface area contributed by atoms with Crippen LogP contribution in [0.2, 0.25) is 0 Å². The molecule has 0 amide bonds. The van der Waals surface area contributed by atoms with Gasteiger partial charge >= 0.3 is 0 Å². The molecule has 18 heavy (non-hydrogen) atoms. The molecule has 0 unspecified atom stereocenters. The van der Waals surface area contributed by atoms with Crippen LogP contribution in [0.15, 0.2) is 10.9 Å². The zero-order valence-electron chi connectivity index (χ0n) is 11.8. The van der Waals surface area contributed by atoms with Gasteiger partial charge in [0.15, 0.2) is 0 Å². The van der Waals surface area contributed by atoms with Crippen LogP contribution in [0.25, 0.3) is 0 Å². The summed E-state index contributed by atoms with van der Waals surface area (Å²) in [5.41, 5.74) is 9.05. The van der Waals surface area contributed by atoms with Gasteiger partial charge < -0.3 is 10.3 Å². The van der Waals surface area contributed by atoms with Crippen LogP contribution in [0.4, 0.5) is 0 Å². The van der Waals surface area contributed by atoms with E-state index >= 15 is 0 Å². The van der Waals surface area contributed by atoms with E-state index in [0.29, 0.717) is 0 Å². The molecule has 0 bridgehead atoms. The van der Waals surface area contributed by atoms with Crippen molar-refractivity contribution < 1.29 is 0 Å². The number of aromatic nitrogens is 1. The standard InChI is InChI=1S/C15H24N2O/c1-4-9-17-13-8-6-5-7-11(13)10-12(14(17)18)15(2,3)16/h10H,4-9,16H2,1-3H3. The maximum Gasteiger partial charge on any atom is 0.255 e. The lowest BCUT2D eigenvalue weighted by Gasteiger charge is -2.26. The first kappa shape index (κ1) is 13.3. The number of hydrogen-bond acceptors (Lipinski definition) is 2. The molecule has 1 aliphatic rings. The Bertz CT molecular complexity index is 494. The molecule has 0 fully saturated rings. The molecule has 1 aromatic rings. The van der Waals surface area contributed by atoms with E-state index in [9.17, 15) is 4.79 Å². The molecular weight excluding hydrogens is 224 g/mol. The minimum atomic E-state index is -0.556. The zero-order chi connectivity index (χ0) is 13.3. The smallest absolute Gasteiger partial charge is 0.255 e. The van der Waals surface area contributed by atoms with Gasteiger partial charge in [-0.1, -0.05) is 6.92 Å². The van der Waals surface area contributed by atoms with Crippen molar-refractivity contribution in [2.45, 2.75) is 65.0 Å². The van der Waals surface area contributed by atoms with Gasteiger partial charge in [-0.25, -0.2) is 0 Å². The first-order valence-electron chi connectivity index (χ1n) is 7.00. The lowest BCUT2D eigenvalue weighted by atomic mass is 9.89. The Morgan fingerprint density at radius 2 is 2.00 bits per heavy atom. The molecule has 1 aromatic heterocycles. The lowest BCUT2D eigenvalue weighted by molar-refractivity contribution is 0.509. The van der Waals surface area contributed by atoms with E-state index in [1.807, 2.05) is 18.4 Å². The van der Waals surface area contributed by atoms with Crippen molar-refractivity contribution in [3.63, 3.8) is 0 Å². The van der Waals surface area contributed by atoms with Crippen LogP contribution in [0.1, 0.15) is 56.9 Å². The summed E-state index contributed by atoms with van der Waals surface area (Å²) in [6.07, 6.45) is 5.53. The number of rotatable bonds is 3. The molecule has 0 aromatic carbocycles. The van der Waals surface area contributed by atoms with Gasteiger partial charge in [0.25, 0.3) is 5.56 Å². The summed E-state index contributed by atoms with van der Waals surface area (Å²) in [5.74, 6) is 0. The zero-order valence-corrected chi connectivity index (χ0v) is 11.8. The third-order valence-corrected chi connectivity index (χ3v) is 3.74. The molecule has 0 spiro atoms. The Morgan fingerprint density at radius 1 is 1.33 bits per heavy atom. The third-order valence-electron chi connectivity index (χ3n) is 3.74. The maximum atomic E-state index is 12.6. The highest BCUT2D eigenvalue weighted by Crippen LogP contribution is 2.24. The summed E-state index contributed by atoms with van der Waals surface area (Å²) < 4.78 is 1.97. The first-order valence-corrected chi connectivity index (χ1v) is 7.00. The summed E-state index contributed by atoms with van der Waals surface area (Å²) in [7, 11) is 0. The molecule has 2 N–H and O–H groups in total. The number of fused-ring (bicyclic) bond motifs is 1.